The summed E-state index contributed by atoms with van der Waals surface area (Å²) in [6, 6.07) is 21.3. The molecule has 5 rings (SSSR count). The molecule has 10 nitrogen and oxygen atoms in total. The van der Waals surface area contributed by atoms with Gasteiger partial charge in [-0.2, -0.15) is 0 Å². The molecule has 1 saturated heterocycles. The van der Waals surface area contributed by atoms with Gasteiger partial charge in [-0.05, 0) is 47.4 Å². The minimum atomic E-state index is -0.980. The number of carbonyl (C=O) groups excluding carboxylic acids is 4. The Bertz CT molecular complexity index is 1490. The lowest BCUT2D eigenvalue weighted by atomic mass is 9.95. The Labute approximate surface area is 255 Å². The molecule has 3 aromatic rings. The van der Waals surface area contributed by atoms with E-state index in [2.05, 4.69) is 26.8 Å². The molecule has 0 bridgehead atoms. The van der Waals surface area contributed by atoms with Gasteiger partial charge in [0.2, 0.25) is 11.8 Å². The summed E-state index contributed by atoms with van der Waals surface area (Å²) in [6.45, 7) is 2.42. The van der Waals surface area contributed by atoms with Gasteiger partial charge in [-0.1, -0.05) is 60.1 Å². The minimum absolute atomic E-state index is 0.161. The number of halogens is 1. The molecule has 3 amide bonds. The largest absolute Gasteiger partial charge is 0.462 e. The zero-order chi connectivity index (χ0) is 30.3. The van der Waals surface area contributed by atoms with E-state index in [0.29, 0.717) is 56.3 Å². The Morgan fingerprint density at radius 1 is 0.930 bits per heavy atom. The Hall–Kier alpha value is -4.41. The number of amides is 3. The van der Waals surface area contributed by atoms with Gasteiger partial charge in [0.1, 0.15) is 6.04 Å². The van der Waals surface area contributed by atoms with Crippen molar-refractivity contribution in [1.29, 1.82) is 0 Å². The van der Waals surface area contributed by atoms with E-state index in [4.69, 9.17) is 11.6 Å². The zero-order valence-corrected chi connectivity index (χ0v) is 24.6. The first-order valence-electron chi connectivity index (χ1n) is 14.2. The van der Waals surface area contributed by atoms with Crippen LogP contribution in [-0.4, -0.2) is 74.0 Å². The highest BCUT2D eigenvalue weighted by Gasteiger charge is 2.32. The van der Waals surface area contributed by atoms with Crippen molar-refractivity contribution in [3.8, 4) is 0 Å². The molecular formula is C32H34ClN5O5. The molecule has 0 spiro atoms. The second kappa shape index (κ2) is 13.7. The van der Waals surface area contributed by atoms with Gasteiger partial charge in [0.05, 0.1) is 24.5 Å². The number of para-hydroxylation sites is 2. The maximum absolute atomic E-state index is 13.9. The maximum Gasteiger partial charge on any atom is 0.396 e. The van der Waals surface area contributed by atoms with E-state index < -0.39 is 24.0 Å². The molecule has 3 N–H and O–H groups in total. The van der Waals surface area contributed by atoms with Crippen molar-refractivity contribution < 1.29 is 23.9 Å². The van der Waals surface area contributed by atoms with Gasteiger partial charge in [-0.25, -0.2) is 4.79 Å². The van der Waals surface area contributed by atoms with Gasteiger partial charge in [0, 0.05) is 44.2 Å². The summed E-state index contributed by atoms with van der Waals surface area (Å²) in [5.41, 5.74) is 4.40. The fourth-order valence-electron chi connectivity index (χ4n) is 5.48. The van der Waals surface area contributed by atoms with E-state index in [1.165, 1.54) is 5.56 Å². The first-order chi connectivity index (χ1) is 20.8. The van der Waals surface area contributed by atoms with E-state index in [1.54, 1.807) is 29.2 Å². The highest BCUT2D eigenvalue weighted by atomic mass is 35.5. The third-order valence-corrected chi connectivity index (χ3v) is 8.07. The summed E-state index contributed by atoms with van der Waals surface area (Å²) in [4.78, 5) is 54.9. The monoisotopic (exact) mass is 603 g/mol. The average molecular weight is 604 g/mol. The predicted molar refractivity (Wildman–Crippen MR) is 164 cm³/mol. The highest BCUT2D eigenvalue weighted by Crippen LogP contribution is 2.27. The second-order valence-electron chi connectivity index (χ2n) is 10.6. The molecule has 0 radical (unpaired) electrons. The maximum atomic E-state index is 13.9. The second-order valence-corrected chi connectivity index (χ2v) is 11.0. The molecule has 1 fully saturated rings. The van der Waals surface area contributed by atoms with Crippen LogP contribution in [0.3, 0.4) is 0 Å². The molecular weight excluding hydrogens is 570 g/mol. The van der Waals surface area contributed by atoms with Gasteiger partial charge >= 0.3 is 11.9 Å². The molecule has 0 unspecified atom stereocenters. The summed E-state index contributed by atoms with van der Waals surface area (Å²) in [5.74, 6) is -2.21. The van der Waals surface area contributed by atoms with Crippen LogP contribution >= 0.6 is 11.6 Å². The summed E-state index contributed by atoms with van der Waals surface area (Å²) < 4.78 is 4.51. The third-order valence-electron chi connectivity index (χ3n) is 7.82. The van der Waals surface area contributed by atoms with Gasteiger partial charge in [-0.15, -0.1) is 0 Å². The zero-order valence-electron chi connectivity index (χ0n) is 23.8. The van der Waals surface area contributed by atoms with E-state index in [-0.39, 0.29) is 11.8 Å². The van der Waals surface area contributed by atoms with E-state index in [0.717, 1.165) is 23.9 Å². The first-order valence-corrected chi connectivity index (χ1v) is 14.6. The Morgan fingerprint density at radius 2 is 1.60 bits per heavy atom. The number of benzene rings is 3. The molecule has 11 heteroatoms. The SMILES string of the molecule is COC(=O)C(=O)Nc1ccccc1N1CCN(C(=O)[C@@H](Cc2ccc(Cl)cc2)NC(=O)[C@H]2Cc3ccccc3CN2)CC1. The smallest absolute Gasteiger partial charge is 0.396 e. The Morgan fingerprint density at radius 3 is 2.33 bits per heavy atom. The number of fused-ring (bicyclic) bond motifs is 1. The highest BCUT2D eigenvalue weighted by molar-refractivity contribution is 6.37. The fraction of sp³-hybridized carbons (Fsp3) is 0.312. The van der Waals surface area contributed by atoms with Crippen molar-refractivity contribution in [1.82, 2.24) is 15.5 Å². The lowest BCUT2D eigenvalue weighted by Gasteiger charge is -2.38. The number of methoxy groups -OCH3 is 1. The molecule has 2 atom stereocenters. The number of anilines is 2. The summed E-state index contributed by atoms with van der Waals surface area (Å²) in [6.07, 6.45) is 0.877. The van der Waals surface area contributed by atoms with Crippen LogP contribution < -0.4 is 20.9 Å². The lowest BCUT2D eigenvalue weighted by molar-refractivity contribution is -0.150. The van der Waals surface area contributed by atoms with Crippen molar-refractivity contribution in [3.63, 3.8) is 0 Å². The number of rotatable bonds is 7. The van der Waals surface area contributed by atoms with Crippen LogP contribution in [0.5, 0.6) is 0 Å². The molecule has 224 valence electrons. The van der Waals surface area contributed by atoms with Crippen LogP contribution in [0.15, 0.2) is 72.8 Å². The van der Waals surface area contributed by atoms with Crippen LogP contribution in [0.4, 0.5) is 11.4 Å². The average Bonchev–Trinajstić information content (AvgIpc) is 3.04. The molecule has 2 heterocycles. The standard InChI is InChI=1S/C32H34ClN5O5/c1-43-32(42)30(40)35-25-8-4-5-9-28(25)37-14-16-38(17-15-37)31(41)27(18-21-10-12-24(33)13-11-21)36-29(39)26-19-22-6-2-3-7-23(22)20-34-26/h2-13,26-27,34H,14-20H2,1H3,(H,35,40)(H,36,39)/t26-,27-/m1/s1. The fourth-order valence-corrected chi connectivity index (χ4v) is 5.60. The molecule has 2 aliphatic rings. The van der Waals surface area contributed by atoms with E-state index in [1.807, 2.05) is 47.4 Å². The quantitative estimate of drug-likeness (QED) is 0.280. The third kappa shape index (κ3) is 7.33. The van der Waals surface area contributed by atoms with Crippen LogP contribution in [0.25, 0.3) is 0 Å². The minimum Gasteiger partial charge on any atom is -0.462 e. The number of nitrogens with zero attached hydrogens (tertiary/aromatic N) is 2. The topological polar surface area (TPSA) is 120 Å². The van der Waals surface area contributed by atoms with Crippen LogP contribution in [0.2, 0.25) is 5.02 Å². The molecule has 0 aliphatic carbocycles. The Balaban J connectivity index is 1.27. The van der Waals surface area contributed by atoms with Crippen LogP contribution in [-0.2, 0) is 43.3 Å². The predicted octanol–water partition coefficient (Wildman–Crippen LogP) is 2.54. The molecule has 0 aromatic heterocycles. The first kappa shape index (κ1) is 30.1. The van der Waals surface area contributed by atoms with Crippen LogP contribution in [0.1, 0.15) is 16.7 Å². The number of hydrogen-bond donors (Lipinski definition) is 3. The van der Waals surface area contributed by atoms with Gasteiger partial charge < -0.3 is 30.5 Å². The lowest BCUT2D eigenvalue weighted by Crippen LogP contribution is -2.58. The molecule has 43 heavy (non-hydrogen) atoms. The Kier molecular flexibility index (Phi) is 9.58. The molecule has 2 aliphatic heterocycles. The van der Waals surface area contributed by atoms with Gasteiger partial charge in [-0.3, -0.25) is 14.4 Å². The van der Waals surface area contributed by atoms with E-state index in [9.17, 15) is 19.2 Å². The number of piperazine rings is 1. The number of esters is 1. The van der Waals surface area contributed by atoms with Crippen molar-refractivity contribution in [2.75, 3.05) is 43.5 Å². The summed E-state index contributed by atoms with van der Waals surface area (Å²) in [7, 11) is 1.15. The summed E-state index contributed by atoms with van der Waals surface area (Å²) >= 11 is 6.08. The normalized spacial score (nSPS) is 16.9. The van der Waals surface area contributed by atoms with Crippen molar-refractivity contribution in [2.24, 2.45) is 0 Å². The molecule has 3 aromatic carbocycles. The van der Waals surface area contributed by atoms with Crippen molar-refractivity contribution >= 4 is 46.7 Å². The van der Waals surface area contributed by atoms with Gasteiger partial charge in [0.25, 0.3) is 0 Å². The number of ether oxygens (including phenoxy) is 1. The van der Waals surface area contributed by atoms with Crippen molar-refractivity contribution in [3.05, 3.63) is 94.5 Å². The van der Waals surface area contributed by atoms with Crippen molar-refractivity contribution in [2.45, 2.75) is 31.5 Å². The number of carbonyl (C=O) groups is 4. The number of hydrogen-bond acceptors (Lipinski definition) is 7. The van der Waals surface area contributed by atoms with E-state index >= 15 is 0 Å². The van der Waals surface area contributed by atoms with Gasteiger partial charge in [0.15, 0.2) is 0 Å². The van der Waals surface area contributed by atoms with Crippen LogP contribution in [0, 0.1) is 0 Å². The molecule has 0 saturated carbocycles. The summed E-state index contributed by atoms with van der Waals surface area (Å²) in [5, 5.41) is 9.54. The number of nitrogens with one attached hydrogen (secondary N) is 3.